The van der Waals surface area contributed by atoms with Gasteiger partial charge in [-0.15, -0.1) is 68.8 Å². The van der Waals surface area contributed by atoms with E-state index in [4.69, 9.17) is 0 Å². The van der Waals surface area contributed by atoms with E-state index in [1.165, 1.54) is 59.7 Å². The molecule has 8 aromatic carbocycles. The Morgan fingerprint density at radius 1 is 0.500 bits per heavy atom. The summed E-state index contributed by atoms with van der Waals surface area (Å²) in [5, 5.41) is 9.68. The zero-order chi connectivity index (χ0) is 32.3. The van der Waals surface area contributed by atoms with Gasteiger partial charge in [0.05, 0.1) is 0 Å². The summed E-state index contributed by atoms with van der Waals surface area (Å²) in [5.74, 6) is 0. The maximum Gasteiger partial charge on any atom is 0 e. The van der Waals surface area contributed by atoms with Crippen LogP contribution >= 0.6 is 7.92 Å². The molecule has 0 saturated heterocycles. The number of benzene rings is 6. The van der Waals surface area contributed by atoms with Crippen molar-refractivity contribution in [1.82, 2.24) is 0 Å². The van der Waals surface area contributed by atoms with Gasteiger partial charge in [-0.3, -0.25) is 0 Å². The molecular weight excluding hydrogens is 762 g/mol. The van der Waals surface area contributed by atoms with Gasteiger partial charge in [-0.2, -0.15) is 18.2 Å². The molecule has 0 bridgehead atoms. The van der Waals surface area contributed by atoms with E-state index in [0.717, 1.165) is 12.8 Å². The second-order valence-corrected chi connectivity index (χ2v) is 14.1. The predicted molar refractivity (Wildman–Crippen MR) is 208 cm³/mol. The van der Waals surface area contributed by atoms with Crippen LogP contribution in [0.3, 0.4) is 0 Å². The summed E-state index contributed by atoms with van der Waals surface area (Å²) < 4.78 is 0. The van der Waals surface area contributed by atoms with Crippen LogP contribution in [0.25, 0.3) is 21.5 Å². The van der Waals surface area contributed by atoms with Crippen molar-refractivity contribution in [2.45, 2.75) is 26.7 Å². The van der Waals surface area contributed by atoms with E-state index in [9.17, 15) is 0 Å². The van der Waals surface area contributed by atoms with Gasteiger partial charge in [0.15, 0.2) is 0 Å². The number of aryl methyl sites for hydroxylation is 4. The van der Waals surface area contributed by atoms with E-state index in [1.54, 1.807) is 0 Å². The minimum atomic E-state index is -0.493. The van der Waals surface area contributed by atoms with Crippen molar-refractivity contribution in [3.8, 4) is 0 Å². The Bertz CT molecular complexity index is 1940. The van der Waals surface area contributed by atoms with Crippen molar-refractivity contribution < 1.29 is 25.8 Å². The van der Waals surface area contributed by atoms with Crippen LogP contribution in [0.15, 0.2) is 188 Å². The van der Waals surface area contributed by atoms with Crippen LogP contribution in [0.5, 0.6) is 0 Å². The van der Waals surface area contributed by atoms with Gasteiger partial charge in [0.25, 0.3) is 0 Å². The molecule has 236 valence electrons. The molecule has 0 spiro atoms. The van der Waals surface area contributed by atoms with Crippen molar-refractivity contribution in [2.24, 2.45) is 0 Å². The second kappa shape index (κ2) is 17.8. The summed E-state index contributed by atoms with van der Waals surface area (Å²) in [5.41, 5.74) is 5.57. The molecule has 0 aliphatic heterocycles. The van der Waals surface area contributed by atoms with E-state index < -0.39 is 7.92 Å². The third-order valence-electron chi connectivity index (χ3n) is 8.53. The SMILES string of the molecule is Cc1ccc(C)c2[cH-]ccc12.[Hf].c1ccc(CCc2ccccc2)cc1.c1ccc(P(c2ccccc2)c2cc3ccccc3[cH-]2)cc1. The molecule has 0 nitrogen and oxygen atoms in total. The summed E-state index contributed by atoms with van der Waals surface area (Å²) in [6, 6.07) is 67.1. The monoisotopic (exact) mass is 804 g/mol. The van der Waals surface area contributed by atoms with Crippen LogP contribution in [0.1, 0.15) is 22.3 Å². The maximum atomic E-state index is 2.35. The van der Waals surface area contributed by atoms with Gasteiger partial charge >= 0.3 is 0 Å². The molecule has 0 heterocycles. The number of hydrogen-bond acceptors (Lipinski definition) is 0. The first kappa shape index (κ1) is 35.2. The molecule has 0 N–H and O–H groups in total. The van der Waals surface area contributed by atoms with Crippen molar-refractivity contribution in [3.63, 3.8) is 0 Å². The molecule has 0 aromatic heterocycles. The molecule has 0 atom stereocenters. The summed E-state index contributed by atoms with van der Waals surface area (Å²) >= 11 is 0. The number of rotatable bonds is 6. The molecule has 0 aliphatic carbocycles. The third kappa shape index (κ3) is 9.25. The maximum absolute atomic E-state index is 2.35. The van der Waals surface area contributed by atoms with E-state index in [0.29, 0.717) is 0 Å². The van der Waals surface area contributed by atoms with E-state index in [1.807, 2.05) is 0 Å². The molecule has 0 fully saturated rings. The van der Waals surface area contributed by atoms with Crippen LogP contribution in [-0.2, 0) is 38.7 Å². The van der Waals surface area contributed by atoms with Gasteiger partial charge in [-0.05, 0) is 49.4 Å². The van der Waals surface area contributed by atoms with Gasteiger partial charge in [0.2, 0.25) is 0 Å². The Labute approximate surface area is 306 Å². The molecular formula is C46H41HfP-2. The van der Waals surface area contributed by atoms with Crippen LogP contribution in [0, 0.1) is 13.8 Å². The van der Waals surface area contributed by atoms with Crippen LogP contribution in [0.2, 0.25) is 0 Å². The Balaban J connectivity index is 0.000000150. The normalized spacial score (nSPS) is 10.5. The smallest absolute Gasteiger partial charge is 0 e. The molecule has 2 heteroatoms. The van der Waals surface area contributed by atoms with Crippen molar-refractivity contribution in [1.29, 1.82) is 0 Å². The standard InChI is InChI=1S/C21H16P.C14H14.C11H11.Hf/c1-3-11-19(12-4-1)22(20-13-5-2-6-14-20)21-15-17-9-7-8-10-18(17)16-21;1-3-7-13(8-4-1)11-12-14-9-5-2-6-10-14;1-8-6-7-9(2)11-5-3-4-10(8)11;/h1-16H;1-10H,11-12H2;3-7H,1-2H3;/q-1;;-1;. The molecule has 48 heavy (non-hydrogen) atoms. The minimum Gasteiger partial charge on any atom is -0.168 e. The topological polar surface area (TPSA) is 0 Å². The zero-order valence-corrected chi connectivity index (χ0v) is 32.2. The summed E-state index contributed by atoms with van der Waals surface area (Å²) in [7, 11) is -0.493. The Morgan fingerprint density at radius 3 is 1.50 bits per heavy atom. The molecule has 0 amide bonds. The third-order valence-corrected chi connectivity index (χ3v) is 10.9. The predicted octanol–water partition coefficient (Wildman–Crippen LogP) is 11.0. The van der Waals surface area contributed by atoms with Gasteiger partial charge in [-0.25, -0.2) is 0 Å². The minimum absolute atomic E-state index is 0. The van der Waals surface area contributed by atoms with Gasteiger partial charge in [-0.1, -0.05) is 146 Å². The Kier molecular flexibility index (Phi) is 13.1. The van der Waals surface area contributed by atoms with Crippen LogP contribution in [-0.4, -0.2) is 0 Å². The quantitative estimate of drug-likeness (QED) is 0.0892. The zero-order valence-electron chi connectivity index (χ0n) is 27.8. The molecule has 0 unspecified atom stereocenters. The van der Waals surface area contributed by atoms with Gasteiger partial charge in [0.1, 0.15) is 0 Å². The van der Waals surface area contributed by atoms with Gasteiger partial charge in [0, 0.05) is 25.8 Å². The first-order chi connectivity index (χ1) is 23.2. The molecule has 0 aliphatic rings. The van der Waals surface area contributed by atoms with E-state index >= 15 is 0 Å². The van der Waals surface area contributed by atoms with Crippen LogP contribution in [0.4, 0.5) is 0 Å². The molecule has 0 radical (unpaired) electrons. The molecule has 8 aromatic rings. The molecule has 8 rings (SSSR count). The Morgan fingerprint density at radius 2 is 0.979 bits per heavy atom. The van der Waals surface area contributed by atoms with Crippen molar-refractivity contribution >= 4 is 45.4 Å². The fourth-order valence-corrected chi connectivity index (χ4v) is 8.35. The van der Waals surface area contributed by atoms with Crippen molar-refractivity contribution in [2.75, 3.05) is 0 Å². The first-order valence-electron chi connectivity index (χ1n) is 16.4. The summed E-state index contributed by atoms with van der Waals surface area (Å²) in [6.45, 7) is 4.31. The van der Waals surface area contributed by atoms with Crippen molar-refractivity contribution in [3.05, 3.63) is 210 Å². The number of hydrogen-bond donors (Lipinski definition) is 0. The van der Waals surface area contributed by atoms with Gasteiger partial charge < -0.3 is 0 Å². The second-order valence-electron chi connectivity index (χ2n) is 11.9. The van der Waals surface area contributed by atoms with Crippen LogP contribution < -0.4 is 15.9 Å². The largest absolute Gasteiger partial charge is 0.168 e. The number of fused-ring (bicyclic) bond motifs is 2. The first-order valence-corrected chi connectivity index (χ1v) is 17.7. The fourth-order valence-electron chi connectivity index (χ4n) is 5.98. The average Bonchev–Trinajstić information content (AvgIpc) is 3.81. The fraction of sp³-hybridized carbons (Fsp3) is 0.0870. The average molecular weight is 803 g/mol. The van der Waals surface area contributed by atoms with E-state index in [2.05, 4.69) is 202 Å². The molecule has 0 saturated carbocycles. The van der Waals surface area contributed by atoms with E-state index in [-0.39, 0.29) is 25.8 Å². The summed E-state index contributed by atoms with van der Waals surface area (Å²) in [6.07, 6.45) is 2.26. The Hall–Kier alpha value is -4.16. The summed E-state index contributed by atoms with van der Waals surface area (Å²) in [4.78, 5) is 0.